The summed E-state index contributed by atoms with van der Waals surface area (Å²) >= 11 is 12.2. The van der Waals surface area contributed by atoms with Gasteiger partial charge in [-0.3, -0.25) is 0 Å². The topological polar surface area (TPSA) is 12.5 Å². The van der Waals surface area contributed by atoms with Gasteiger partial charge in [0, 0.05) is 19.2 Å². The van der Waals surface area contributed by atoms with Crippen LogP contribution >= 0.6 is 23.2 Å². The van der Waals surface area contributed by atoms with Gasteiger partial charge in [0.1, 0.15) is 5.75 Å². The van der Waals surface area contributed by atoms with Crippen molar-refractivity contribution < 1.29 is 4.74 Å². The van der Waals surface area contributed by atoms with Crippen LogP contribution in [0.15, 0.2) is 12.1 Å². The lowest BCUT2D eigenvalue weighted by Crippen LogP contribution is -2.17. The summed E-state index contributed by atoms with van der Waals surface area (Å²) in [4.78, 5) is 2.26. The van der Waals surface area contributed by atoms with E-state index in [1.165, 1.54) is 12.8 Å². The third-order valence-corrected chi connectivity index (χ3v) is 3.27. The van der Waals surface area contributed by atoms with E-state index in [0.717, 1.165) is 18.8 Å². The molecule has 1 saturated heterocycles. The highest BCUT2D eigenvalue weighted by Gasteiger charge is 2.17. The Kier molecular flexibility index (Phi) is 3.27. The number of ether oxygens (including phenoxy) is 1. The van der Waals surface area contributed by atoms with Crippen LogP contribution in [0.2, 0.25) is 10.0 Å². The van der Waals surface area contributed by atoms with Gasteiger partial charge in [0.15, 0.2) is 0 Å². The summed E-state index contributed by atoms with van der Waals surface area (Å²) in [7, 11) is 1.59. The van der Waals surface area contributed by atoms with E-state index in [-0.39, 0.29) is 0 Å². The molecule has 1 aromatic carbocycles. The highest BCUT2D eigenvalue weighted by Crippen LogP contribution is 2.37. The molecule has 1 fully saturated rings. The third-order valence-electron chi connectivity index (χ3n) is 2.67. The Morgan fingerprint density at radius 2 is 1.80 bits per heavy atom. The Morgan fingerprint density at radius 1 is 1.13 bits per heavy atom. The molecular formula is C11H13Cl2NO. The SMILES string of the molecule is COc1cc(Cl)c(N2CCCC2)cc1Cl. The molecule has 1 aromatic rings. The summed E-state index contributed by atoms with van der Waals surface area (Å²) in [5.41, 5.74) is 1.01. The molecule has 0 radical (unpaired) electrons. The molecule has 15 heavy (non-hydrogen) atoms. The molecule has 1 heterocycles. The molecule has 0 atom stereocenters. The van der Waals surface area contributed by atoms with Gasteiger partial charge in [0.05, 0.1) is 22.8 Å². The van der Waals surface area contributed by atoms with Crippen molar-refractivity contribution in [1.82, 2.24) is 0 Å². The Hall–Kier alpha value is -0.600. The minimum atomic E-state index is 0.615. The molecule has 1 aliphatic heterocycles. The van der Waals surface area contributed by atoms with Crippen molar-refractivity contribution in [1.29, 1.82) is 0 Å². The van der Waals surface area contributed by atoms with E-state index in [2.05, 4.69) is 4.90 Å². The first-order valence-corrected chi connectivity index (χ1v) is 5.76. The van der Waals surface area contributed by atoms with Crippen LogP contribution in [0, 0.1) is 0 Å². The van der Waals surface area contributed by atoms with E-state index in [0.29, 0.717) is 15.8 Å². The minimum Gasteiger partial charge on any atom is -0.495 e. The fraction of sp³-hybridized carbons (Fsp3) is 0.455. The summed E-state index contributed by atoms with van der Waals surface area (Å²) < 4.78 is 5.11. The van der Waals surface area contributed by atoms with Gasteiger partial charge < -0.3 is 9.64 Å². The van der Waals surface area contributed by atoms with Crippen LogP contribution in [0.25, 0.3) is 0 Å². The first-order valence-electron chi connectivity index (χ1n) is 5.00. The first-order chi connectivity index (χ1) is 7.22. The van der Waals surface area contributed by atoms with Gasteiger partial charge in [0.25, 0.3) is 0 Å². The van der Waals surface area contributed by atoms with E-state index in [9.17, 15) is 0 Å². The Labute approximate surface area is 99.7 Å². The molecule has 0 bridgehead atoms. The first kappa shape index (κ1) is 10.9. The van der Waals surface area contributed by atoms with E-state index >= 15 is 0 Å². The molecule has 82 valence electrons. The van der Waals surface area contributed by atoms with E-state index in [4.69, 9.17) is 27.9 Å². The van der Waals surface area contributed by atoms with E-state index < -0.39 is 0 Å². The van der Waals surface area contributed by atoms with E-state index in [1.807, 2.05) is 6.07 Å². The second kappa shape index (κ2) is 4.50. The third kappa shape index (κ3) is 2.16. The molecule has 4 heteroatoms. The molecule has 0 aromatic heterocycles. The molecule has 0 amide bonds. The molecule has 1 aliphatic rings. The largest absolute Gasteiger partial charge is 0.495 e. The van der Waals surface area contributed by atoms with Gasteiger partial charge in [0.2, 0.25) is 0 Å². The van der Waals surface area contributed by atoms with E-state index in [1.54, 1.807) is 13.2 Å². The van der Waals surface area contributed by atoms with Crippen molar-refractivity contribution in [3.8, 4) is 5.75 Å². The predicted octanol–water partition coefficient (Wildman–Crippen LogP) is 3.60. The van der Waals surface area contributed by atoms with Crippen molar-refractivity contribution in [3.63, 3.8) is 0 Å². The lowest BCUT2D eigenvalue weighted by Gasteiger charge is -2.20. The quantitative estimate of drug-likeness (QED) is 0.790. The summed E-state index contributed by atoms with van der Waals surface area (Å²) in [6, 6.07) is 3.66. The summed E-state index contributed by atoms with van der Waals surface area (Å²) in [5, 5.41) is 1.32. The maximum absolute atomic E-state index is 6.18. The van der Waals surface area contributed by atoms with Crippen molar-refractivity contribution >= 4 is 28.9 Å². The van der Waals surface area contributed by atoms with Gasteiger partial charge >= 0.3 is 0 Å². The van der Waals surface area contributed by atoms with Crippen LogP contribution in [-0.2, 0) is 0 Å². The summed E-state index contributed by atoms with van der Waals surface area (Å²) in [6.45, 7) is 2.12. The number of methoxy groups -OCH3 is 1. The number of benzene rings is 1. The number of hydrogen-bond acceptors (Lipinski definition) is 2. The average molecular weight is 246 g/mol. The Bertz CT molecular complexity index is 362. The molecule has 0 saturated carbocycles. The molecule has 0 N–H and O–H groups in total. The highest BCUT2D eigenvalue weighted by atomic mass is 35.5. The number of nitrogens with zero attached hydrogens (tertiary/aromatic N) is 1. The second-order valence-corrected chi connectivity index (χ2v) is 4.45. The van der Waals surface area contributed by atoms with Crippen LogP contribution in [0.1, 0.15) is 12.8 Å². The van der Waals surface area contributed by atoms with Gasteiger partial charge in [-0.2, -0.15) is 0 Å². The predicted molar refractivity (Wildman–Crippen MR) is 64.5 cm³/mol. The highest BCUT2D eigenvalue weighted by molar-refractivity contribution is 6.36. The summed E-state index contributed by atoms with van der Waals surface area (Å²) in [6.07, 6.45) is 2.44. The van der Waals surface area contributed by atoms with Crippen LogP contribution in [0.3, 0.4) is 0 Å². The molecular weight excluding hydrogens is 233 g/mol. The van der Waals surface area contributed by atoms with Crippen LogP contribution in [0.4, 0.5) is 5.69 Å². The zero-order valence-electron chi connectivity index (χ0n) is 8.59. The zero-order chi connectivity index (χ0) is 10.8. The number of halogens is 2. The van der Waals surface area contributed by atoms with Crippen LogP contribution in [-0.4, -0.2) is 20.2 Å². The molecule has 0 spiro atoms. The molecule has 2 rings (SSSR count). The van der Waals surface area contributed by atoms with Crippen molar-refractivity contribution in [2.75, 3.05) is 25.1 Å². The van der Waals surface area contributed by atoms with Crippen LogP contribution < -0.4 is 9.64 Å². The maximum atomic E-state index is 6.18. The lowest BCUT2D eigenvalue weighted by molar-refractivity contribution is 0.415. The lowest BCUT2D eigenvalue weighted by atomic mass is 10.2. The maximum Gasteiger partial charge on any atom is 0.139 e. The van der Waals surface area contributed by atoms with Crippen molar-refractivity contribution in [2.24, 2.45) is 0 Å². The standard InChI is InChI=1S/C11H13Cl2NO/c1-15-11-7-8(12)10(6-9(11)13)14-4-2-3-5-14/h6-7H,2-5H2,1H3. The Balaban J connectivity index is 2.35. The number of anilines is 1. The van der Waals surface area contributed by atoms with Gasteiger partial charge in [-0.1, -0.05) is 23.2 Å². The minimum absolute atomic E-state index is 0.615. The van der Waals surface area contributed by atoms with Crippen molar-refractivity contribution in [2.45, 2.75) is 12.8 Å². The molecule has 0 aliphatic carbocycles. The normalized spacial score (nSPS) is 15.8. The van der Waals surface area contributed by atoms with Crippen LogP contribution in [0.5, 0.6) is 5.75 Å². The number of rotatable bonds is 2. The number of hydrogen-bond donors (Lipinski definition) is 0. The second-order valence-electron chi connectivity index (χ2n) is 3.63. The zero-order valence-corrected chi connectivity index (χ0v) is 10.1. The molecule has 2 nitrogen and oxygen atoms in total. The fourth-order valence-corrected chi connectivity index (χ4v) is 2.38. The van der Waals surface area contributed by atoms with Gasteiger partial charge in [-0.05, 0) is 18.9 Å². The average Bonchev–Trinajstić information content (AvgIpc) is 2.74. The summed E-state index contributed by atoms with van der Waals surface area (Å²) in [5.74, 6) is 0.629. The monoisotopic (exact) mass is 245 g/mol. The Morgan fingerprint density at radius 3 is 2.40 bits per heavy atom. The van der Waals surface area contributed by atoms with Gasteiger partial charge in [-0.25, -0.2) is 0 Å². The van der Waals surface area contributed by atoms with Gasteiger partial charge in [-0.15, -0.1) is 0 Å². The molecule has 0 unspecified atom stereocenters. The van der Waals surface area contributed by atoms with Crippen molar-refractivity contribution in [3.05, 3.63) is 22.2 Å². The smallest absolute Gasteiger partial charge is 0.139 e. The fourth-order valence-electron chi connectivity index (χ4n) is 1.87.